The molecule has 0 saturated heterocycles. The first-order valence-electron chi connectivity index (χ1n) is 7.36. The molecular weight excluding hydrogens is 348 g/mol. The minimum atomic E-state index is -0.151. The number of thioether (sulfide) groups is 1. The van der Waals surface area contributed by atoms with E-state index in [1.165, 1.54) is 17.3 Å². The van der Waals surface area contributed by atoms with Crippen molar-refractivity contribution in [2.75, 3.05) is 20.6 Å². The van der Waals surface area contributed by atoms with Gasteiger partial charge < -0.3 is 10.2 Å². The van der Waals surface area contributed by atoms with Gasteiger partial charge in [-0.15, -0.1) is 11.8 Å². The van der Waals surface area contributed by atoms with Crippen LogP contribution in [0.25, 0.3) is 0 Å². The SMILES string of the molecule is C[C@H](Sc1ccc(Cl)cc1)C(=O)NC[C@@H](c1ccsc1)N(C)C. The fourth-order valence-corrected chi connectivity index (χ4v) is 3.90. The number of hydrogen-bond acceptors (Lipinski definition) is 4. The number of benzene rings is 1. The molecular formula is C17H21ClN2OS2. The monoisotopic (exact) mass is 368 g/mol. The predicted molar refractivity (Wildman–Crippen MR) is 101 cm³/mol. The first kappa shape index (κ1) is 18.3. The lowest BCUT2D eigenvalue weighted by Gasteiger charge is -2.24. The Labute approximate surface area is 151 Å². The minimum Gasteiger partial charge on any atom is -0.353 e. The first-order valence-corrected chi connectivity index (χ1v) is 9.56. The first-order chi connectivity index (χ1) is 11.0. The number of rotatable bonds is 7. The maximum absolute atomic E-state index is 12.3. The van der Waals surface area contributed by atoms with Gasteiger partial charge in [0.2, 0.25) is 5.91 Å². The molecule has 1 amide bonds. The van der Waals surface area contributed by atoms with Gasteiger partial charge in [-0.05, 0) is 67.7 Å². The topological polar surface area (TPSA) is 32.3 Å². The van der Waals surface area contributed by atoms with Crippen LogP contribution in [0.1, 0.15) is 18.5 Å². The minimum absolute atomic E-state index is 0.0482. The predicted octanol–water partition coefficient (Wildman–Crippen LogP) is 4.30. The summed E-state index contributed by atoms with van der Waals surface area (Å²) in [6.45, 7) is 2.53. The highest BCUT2D eigenvalue weighted by atomic mass is 35.5. The third-order valence-corrected chi connectivity index (χ3v) is 5.58. The van der Waals surface area contributed by atoms with Crippen LogP contribution in [0.4, 0.5) is 0 Å². The van der Waals surface area contributed by atoms with E-state index in [0.717, 1.165) is 4.90 Å². The van der Waals surface area contributed by atoms with Gasteiger partial charge in [0, 0.05) is 16.5 Å². The largest absolute Gasteiger partial charge is 0.353 e. The number of carbonyl (C=O) groups excluding carboxylic acids is 1. The van der Waals surface area contributed by atoms with Crippen molar-refractivity contribution in [3.63, 3.8) is 0 Å². The van der Waals surface area contributed by atoms with Crippen LogP contribution < -0.4 is 5.32 Å². The zero-order valence-electron chi connectivity index (χ0n) is 13.5. The van der Waals surface area contributed by atoms with Gasteiger partial charge in [-0.1, -0.05) is 11.6 Å². The summed E-state index contributed by atoms with van der Waals surface area (Å²) in [7, 11) is 4.06. The molecule has 0 fully saturated rings. The van der Waals surface area contributed by atoms with Crippen molar-refractivity contribution in [1.82, 2.24) is 10.2 Å². The Kier molecular flexibility index (Phi) is 6.96. The number of likely N-dealkylation sites (N-methyl/N-ethyl adjacent to an activating group) is 1. The molecule has 0 saturated carbocycles. The van der Waals surface area contributed by atoms with Crippen molar-refractivity contribution in [1.29, 1.82) is 0 Å². The number of carbonyl (C=O) groups is 1. The lowest BCUT2D eigenvalue weighted by Crippen LogP contribution is -2.37. The molecule has 0 spiro atoms. The molecule has 0 radical (unpaired) electrons. The molecule has 0 aliphatic heterocycles. The van der Waals surface area contributed by atoms with E-state index >= 15 is 0 Å². The van der Waals surface area contributed by atoms with Crippen molar-refractivity contribution in [3.05, 3.63) is 51.7 Å². The van der Waals surface area contributed by atoms with Gasteiger partial charge in [0.05, 0.1) is 11.3 Å². The van der Waals surface area contributed by atoms with Crippen LogP contribution >= 0.6 is 34.7 Å². The summed E-state index contributed by atoms with van der Waals surface area (Å²) in [5.41, 5.74) is 1.23. The summed E-state index contributed by atoms with van der Waals surface area (Å²) >= 11 is 9.09. The quantitative estimate of drug-likeness (QED) is 0.739. The molecule has 0 unspecified atom stereocenters. The second-order valence-electron chi connectivity index (χ2n) is 5.50. The third kappa shape index (κ3) is 5.53. The average Bonchev–Trinajstić information content (AvgIpc) is 3.03. The Bertz CT molecular complexity index is 614. The normalized spacial score (nSPS) is 13.8. The lowest BCUT2D eigenvalue weighted by molar-refractivity contribution is -0.120. The van der Waals surface area contributed by atoms with Gasteiger partial charge in [0.15, 0.2) is 0 Å². The summed E-state index contributed by atoms with van der Waals surface area (Å²) in [6.07, 6.45) is 0. The second-order valence-corrected chi connectivity index (χ2v) is 8.13. The second kappa shape index (κ2) is 8.73. The van der Waals surface area contributed by atoms with Crippen LogP contribution in [0, 0.1) is 0 Å². The van der Waals surface area contributed by atoms with Gasteiger partial charge in [-0.2, -0.15) is 11.3 Å². The number of halogens is 1. The van der Waals surface area contributed by atoms with Crippen LogP contribution in [0.15, 0.2) is 46.0 Å². The molecule has 23 heavy (non-hydrogen) atoms. The summed E-state index contributed by atoms with van der Waals surface area (Å²) in [5, 5.41) is 7.80. The Hall–Kier alpha value is -1.01. The number of thiophene rings is 1. The molecule has 2 atom stereocenters. The van der Waals surface area contributed by atoms with Crippen molar-refractivity contribution in [2.45, 2.75) is 23.1 Å². The van der Waals surface area contributed by atoms with E-state index in [2.05, 4.69) is 27.0 Å². The van der Waals surface area contributed by atoms with Gasteiger partial charge in [0.1, 0.15) is 0 Å². The van der Waals surface area contributed by atoms with Crippen LogP contribution in [-0.2, 0) is 4.79 Å². The van der Waals surface area contributed by atoms with Crippen molar-refractivity contribution >= 4 is 40.6 Å². The summed E-state index contributed by atoms with van der Waals surface area (Å²) < 4.78 is 0. The van der Waals surface area contributed by atoms with E-state index in [4.69, 9.17) is 11.6 Å². The van der Waals surface area contributed by atoms with Crippen LogP contribution in [0.2, 0.25) is 5.02 Å². The van der Waals surface area contributed by atoms with Crippen LogP contribution in [0.3, 0.4) is 0 Å². The average molecular weight is 369 g/mol. The molecule has 124 valence electrons. The zero-order valence-corrected chi connectivity index (χ0v) is 15.8. The molecule has 2 rings (SSSR count). The molecule has 0 aliphatic rings. The fourth-order valence-electron chi connectivity index (χ4n) is 2.17. The van der Waals surface area contributed by atoms with Gasteiger partial charge in [0.25, 0.3) is 0 Å². The molecule has 6 heteroatoms. The Morgan fingerprint density at radius 1 is 1.30 bits per heavy atom. The molecule has 0 aliphatic carbocycles. The highest BCUT2D eigenvalue weighted by molar-refractivity contribution is 8.00. The maximum Gasteiger partial charge on any atom is 0.233 e. The van der Waals surface area contributed by atoms with E-state index in [0.29, 0.717) is 11.6 Å². The van der Waals surface area contributed by atoms with Crippen LogP contribution in [-0.4, -0.2) is 36.7 Å². The Balaban J connectivity index is 1.88. The van der Waals surface area contributed by atoms with Crippen molar-refractivity contribution < 1.29 is 4.79 Å². The van der Waals surface area contributed by atoms with Crippen molar-refractivity contribution in [2.24, 2.45) is 0 Å². The van der Waals surface area contributed by atoms with Crippen LogP contribution in [0.5, 0.6) is 0 Å². The van der Waals surface area contributed by atoms with Crippen molar-refractivity contribution in [3.8, 4) is 0 Å². The molecule has 0 bridgehead atoms. The smallest absolute Gasteiger partial charge is 0.233 e. The lowest BCUT2D eigenvalue weighted by atomic mass is 10.1. The zero-order chi connectivity index (χ0) is 16.8. The van der Waals surface area contributed by atoms with E-state index in [1.54, 1.807) is 11.3 Å². The molecule has 3 nitrogen and oxygen atoms in total. The van der Waals surface area contributed by atoms with E-state index in [1.807, 2.05) is 45.3 Å². The highest BCUT2D eigenvalue weighted by Crippen LogP contribution is 2.25. The number of amides is 1. The van der Waals surface area contributed by atoms with E-state index in [9.17, 15) is 4.79 Å². The fraction of sp³-hybridized carbons (Fsp3) is 0.353. The Morgan fingerprint density at radius 2 is 2.00 bits per heavy atom. The van der Waals surface area contributed by atoms with E-state index in [-0.39, 0.29) is 17.2 Å². The molecule has 1 aromatic carbocycles. The number of nitrogens with one attached hydrogen (secondary N) is 1. The molecule has 1 N–H and O–H groups in total. The summed E-state index contributed by atoms with van der Waals surface area (Å²) in [4.78, 5) is 15.5. The van der Waals surface area contributed by atoms with Gasteiger partial charge in [-0.25, -0.2) is 0 Å². The standard InChI is InChI=1S/C17H21ClN2OS2/c1-12(23-15-6-4-14(18)5-7-15)17(21)19-10-16(20(2)3)13-8-9-22-11-13/h4-9,11-12,16H,10H2,1-3H3,(H,19,21)/t12-,16-/m0/s1. The molecule has 1 heterocycles. The molecule has 2 aromatic rings. The third-order valence-electron chi connectivity index (χ3n) is 3.52. The summed E-state index contributed by atoms with van der Waals surface area (Å²) in [5.74, 6) is 0.0482. The number of hydrogen-bond donors (Lipinski definition) is 1. The summed E-state index contributed by atoms with van der Waals surface area (Å²) in [6, 6.07) is 9.85. The van der Waals surface area contributed by atoms with Gasteiger partial charge in [-0.3, -0.25) is 4.79 Å². The van der Waals surface area contributed by atoms with Gasteiger partial charge >= 0.3 is 0 Å². The highest BCUT2D eigenvalue weighted by Gasteiger charge is 2.19. The number of nitrogens with zero attached hydrogens (tertiary/aromatic N) is 1. The maximum atomic E-state index is 12.3. The van der Waals surface area contributed by atoms with E-state index < -0.39 is 0 Å². The Morgan fingerprint density at radius 3 is 2.57 bits per heavy atom. The molecule has 1 aromatic heterocycles.